The quantitative estimate of drug-likeness (QED) is 0.588. The second-order valence-electron chi connectivity index (χ2n) is 8.19. The van der Waals surface area contributed by atoms with E-state index >= 15 is 0 Å². The summed E-state index contributed by atoms with van der Waals surface area (Å²) in [4.78, 5) is 14.9. The number of halogens is 1. The van der Waals surface area contributed by atoms with Crippen molar-refractivity contribution in [2.75, 3.05) is 26.4 Å². The van der Waals surface area contributed by atoms with Gasteiger partial charge >= 0.3 is 0 Å². The van der Waals surface area contributed by atoms with Crippen LogP contribution in [0.5, 0.6) is 5.75 Å². The smallest absolute Gasteiger partial charge is 0.227 e. The molecule has 1 amide bonds. The Labute approximate surface area is 188 Å². The van der Waals surface area contributed by atoms with Crippen LogP contribution in [0, 0.1) is 12.7 Å². The molecule has 1 aliphatic rings. The third-order valence-electron chi connectivity index (χ3n) is 5.59. The van der Waals surface area contributed by atoms with Crippen LogP contribution in [0.1, 0.15) is 27.8 Å². The Bertz CT molecular complexity index is 1060. The molecule has 0 spiro atoms. The zero-order chi connectivity index (χ0) is 22.3. The molecular weight excluding hydrogens is 405 g/mol. The number of carbonyl (C=O) groups is 1. The third-order valence-corrected chi connectivity index (χ3v) is 5.59. The Morgan fingerprint density at radius 1 is 0.969 bits per heavy atom. The van der Waals surface area contributed by atoms with E-state index in [2.05, 4.69) is 31.2 Å². The van der Waals surface area contributed by atoms with Gasteiger partial charge in [0, 0.05) is 19.5 Å². The maximum Gasteiger partial charge on any atom is 0.227 e. The van der Waals surface area contributed by atoms with E-state index < -0.39 is 0 Å². The van der Waals surface area contributed by atoms with E-state index in [-0.39, 0.29) is 18.1 Å². The maximum absolute atomic E-state index is 13.2. The van der Waals surface area contributed by atoms with Crippen LogP contribution in [-0.4, -0.2) is 37.2 Å². The number of carbonyl (C=O) groups excluding carboxylic acids is 1. The van der Waals surface area contributed by atoms with Crippen LogP contribution in [0.3, 0.4) is 0 Å². The van der Waals surface area contributed by atoms with E-state index in [1.165, 1.54) is 23.3 Å². The molecule has 4 rings (SSSR count). The Hall–Kier alpha value is -3.18. The van der Waals surface area contributed by atoms with Crippen LogP contribution >= 0.6 is 0 Å². The average Bonchev–Trinajstić information content (AvgIpc) is 2.78. The summed E-state index contributed by atoms with van der Waals surface area (Å²) in [6.07, 6.45) is 0.991. The van der Waals surface area contributed by atoms with Crippen molar-refractivity contribution in [3.63, 3.8) is 0 Å². The summed E-state index contributed by atoms with van der Waals surface area (Å²) in [5, 5.41) is 0. The molecule has 32 heavy (non-hydrogen) atoms. The van der Waals surface area contributed by atoms with Gasteiger partial charge in [0.1, 0.15) is 18.2 Å². The second-order valence-corrected chi connectivity index (χ2v) is 8.19. The molecule has 5 heteroatoms. The lowest BCUT2D eigenvalue weighted by atomic mass is 10.00. The number of hydrogen-bond acceptors (Lipinski definition) is 3. The van der Waals surface area contributed by atoms with Gasteiger partial charge in [0.05, 0.1) is 19.6 Å². The minimum atomic E-state index is -0.302. The molecule has 0 aliphatic carbocycles. The summed E-state index contributed by atoms with van der Waals surface area (Å²) < 4.78 is 24.9. The molecule has 2 bridgehead atoms. The maximum atomic E-state index is 13.2. The summed E-state index contributed by atoms with van der Waals surface area (Å²) in [6, 6.07) is 20.7. The largest absolute Gasteiger partial charge is 0.491 e. The van der Waals surface area contributed by atoms with Crippen molar-refractivity contribution in [1.82, 2.24) is 4.90 Å². The Morgan fingerprint density at radius 3 is 2.62 bits per heavy atom. The van der Waals surface area contributed by atoms with Crippen LogP contribution in [-0.2, 0) is 28.9 Å². The topological polar surface area (TPSA) is 38.8 Å². The predicted octanol–water partition coefficient (Wildman–Crippen LogP) is 4.71. The van der Waals surface area contributed by atoms with Gasteiger partial charge in [-0.2, -0.15) is 0 Å². The van der Waals surface area contributed by atoms with Gasteiger partial charge in [0.2, 0.25) is 5.91 Å². The predicted molar refractivity (Wildman–Crippen MR) is 122 cm³/mol. The first-order chi connectivity index (χ1) is 15.6. The van der Waals surface area contributed by atoms with Gasteiger partial charge in [-0.3, -0.25) is 4.79 Å². The molecule has 0 N–H and O–H groups in total. The average molecular weight is 434 g/mol. The minimum absolute atomic E-state index is 0.00470. The van der Waals surface area contributed by atoms with Crippen molar-refractivity contribution in [2.24, 2.45) is 0 Å². The van der Waals surface area contributed by atoms with Gasteiger partial charge in [-0.1, -0.05) is 54.1 Å². The first-order valence-corrected chi connectivity index (χ1v) is 11.0. The van der Waals surface area contributed by atoms with Gasteiger partial charge in [-0.25, -0.2) is 4.39 Å². The molecule has 3 aromatic carbocycles. The fourth-order valence-corrected chi connectivity index (χ4v) is 3.93. The number of rotatable bonds is 2. The SMILES string of the molecule is Cc1ccc2c(c1)Cc1cccc(c1)CN(C(=O)Cc1ccc(F)cc1)CCOCCO2. The van der Waals surface area contributed by atoms with Crippen LogP contribution in [0.25, 0.3) is 0 Å². The number of ether oxygens (including phenoxy) is 2. The molecule has 1 aliphatic heterocycles. The summed E-state index contributed by atoms with van der Waals surface area (Å²) in [5.41, 5.74) is 5.38. The lowest BCUT2D eigenvalue weighted by Crippen LogP contribution is -2.35. The lowest BCUT2D eigenvalue weighted by Gasteiger charge is -2.24. The van der Waals surface area contributed by atoms with Crippen molar-refractivity contribution in [3.8, 4) is 5.75 Å². The van der Waals surface area contributed by atoms with E-state index in [1.807, 2.05) is 23.1 Å². The molecule has 0 unspecified atom stereocenters. The van der Waals surface area contributed by atoms with E-state index in [0.29, 0.717) is 32.9 Å². The van der Waals surface area contributed by atoms with Crippen molar-refractivity contribution < 1.29 is 18.7 Å². The van der Waals surface area contributed by atoms with Gasteiger partial charge < -0.3 is 14.4 Å². The highest BCUT2D eigenvalue weighted by Crippen LogP contribution is 2.24. The van der Waals surface area contributed by atoms with E-state index in [9.17, 15) is 9.18 Å². The molecule has 1 heterocycles. The molecule has 166 valence electrons. The van der Waals surface area contributed by atoms with Gasteiger partial charge in [0.15, 0.2) is 0 Å². The first kappa shape index (κ1) is 22.0. The first-order valence-electron chi connectivity index (χ1n) is 11.0. The van der Waals surface area contributed by atoms with Gasteiger partial charge in [0.25, 0.3) is 0 Å². The van der Waals surface area contributed by atoms with Gasteiger partial charge in [-0.15, -0.1) is 0 Å². The fraction of sp³-hybridized carbons (Fsp3) is 0.296. The normalized spacial score (nSPS) is 14.8. The standard InChI is InChI=1S/C27H28FNO3/c1-20-5-10-26-24(15-20)17-22-3-2-4-23(16-22)19-29(11-12-31-13-14-32-26)27(30)18-21-6-8-25(28)9-7-21/h2-10,15-16H,11-14,17-19H2,1H3. The summed E-state index contributed by atoms with van der Waals surface area (Å²) in [7, 11) is 0. The van der Waals surface area contributed by atoms with Crippen LogP contribution < -0.4 is 4.74 Å². The fourth-order valence-electron chi connectivity index (χ4n) is 3.93. The zero-order valence-electron chi connectivity index (χ0n) is 18.4. The highest BCUT2D eigenvalue weighted by molar-refractivity contribution is 5.78. The van der Waals surface area contributed by atoms with E-state index in [1.54, 1.807) is 12.1 Å². The minimum Gasteiger partial charge on any atom is -0.491 e. The summed E-state index contributed by atoms with van der Waals surface area (Å²) in [5.74, 6) is 0.580. The highest BCUT2D eigenvalue weighted by atomic mass is 19.1. The second kappa shape index (κ2) is 10.4. The molecule has 4 nitrogen and oxygen atoms in total. The van der Waals surface area contributed by atoms with Crippen LogP contribution in [0.2, 0.25) is 0 Å². The number of amides is 1. The van der Waals surface area contributed by atoms with Gasteiger partial charge in [-0.05, 0) is 47.4 Å². The van der Waals surface area contributed by atoms with Crippen molar-refractivity contribution in [3.05, 3.63) is 100 Å². The molecule has 0 radical (unpaired) electrons. The molecule has 0 fully saturated rings. The Balaban J connectivity index is 1.56. The monoisotopic (exact) mass is 433 g/mol. The molecule has 0 saturated carbocycles. The van der Waals surface area contributed by atoms with Crippen molar-refractivity contribution in [1.29, 1.82) is 0 Å². The molecule has 0 aromatic heterocycles. The zero-order valence-corrected chi connectivity index (χ0v) is 18.4. The van der Waals surface area contributed by atoms with Crippen LogP contribution in [0.15, 0.2) is 66.7 Å². The number of aryl methyl sites for hydroxylation is 1. The molecule has 0 atom stereocenters. The summed E-state index contributed by atoms with van der Waals surface area (Å²) >= 11 is 0. The molecule has 3 aromatic rings. The third kappa shape index (κ3) is 5.95. The molecular formula is C27H28FNO3. The van der Waals surface area contributed by atoms with Crippen molar-refractivity contribution >= 4 is 5.91 Å². The Morgan fingerprint density at radius 2 is 1.78 bits per heavy atom. The van der Waals surface area contributed by atoms with E-state index in [4.69, 9.17) is 9.47 Å². The number of fused-ring (bicyclic) bond motifs is 3. The van der Waals surface area contributed by atoms with Crippen LogP contribution in [0.4, 0.5) is 4.39 Å². The Kier molecular flexibility index (Phi) is 7.17. The number of nitrogens with zero attached hydrogens (tertiary/aromatic N) is 1. The van der Waals surface area contributed by atoms with Crippen molar-refractivity contribution in [2.45, 2.75) is 26.3 Å². The van der Waals surface area contributed by atoms with E-state index in [0.717, 1.165) is 28.9 Å². The number of benzene rings is 3. The number of hydrogen-bond donors (Lipinski definition) is 0. The highest BCUT2D eigenvalue weighted by Gasteiger charge is 2.16. The summed E-state index contributed by atoms with van der Waals surface area (Å²) in [6.45, 7) is 4.42. The lowest BCUT2D eigenvalue weighted by molar-refractivity contribution is -0.131. The molecule has 0 saturated heterocycles.